The van der Waals surface area contributed by atoms with E-state index in [1.807, 2.05) is 44.2 Å². The molecule has 1 heterocycles. The van der Waals surface area contributed by atoms with Crippen molar-refractivity contribution in [1.82, 2.24) is 0 Å². The van der Waals surface area contributed by atoms with Crippen LogP contribution in [0.4, 0.5) is 11.4 Å². The van der Waals surface area contributed by atoms with Gasteiger partial charge in [0.1, 0.15) is 5.75 Å². The molecule has 29 heavy (non-hydrogen) atoms. The van der Waals surface area contributed by atoms with Crippen LogP contribution in [0.25, 0.3) is 0 Å². The maximum Gasteiger partial charge on any atom is 0.233 e. The Kier molecular flexibility index (Phi) is 6.47. The Balaban J connectivity index is 1.72. The minimum atomic E-state index is -3.51. The molecule has 0 saturated heterocycles. The lowest BCUT2D eigenvalue weighted by Gasteiger charge is -2.31. The quantitative estimate of drug-likeness (QED) is 0.748. The first-order valence-electron chi connectivity index (χ1n) is 9.87. The molecule has 0 saturated carbocycles. The number of carbonyl (C=O) groups excluding carboxylic acids is 1. The first kappa shape index (κ1) is 21.2. The standard InChI is InChI=1S/C22H28N2O4S/c1-16(2)22(25)24-13-4-5-18-8-9-19(15-21(18)24)23-29(26,27)14-12-17-6-10-20(28-3)11-7-17/h6-11,15-16,23H,4-5,12-14H2,1-3H3. The summed E-state index contributed by atoms with van der Waals surface area (Å²) >= 11 is 0. The van der Waals surface area contributed by atoms with E-state index in [4.69, 9.17) is 4.74 Å². The zero-order chi connectivity index (χ0) is 21.0. The van der Waals surface area contributed by atoms with Crippen LogP contribution in [0.5, 0.6) is 5.75 Å². The molecule has 2 aromatic carbocycles. The van der Waals surface area contributed by atoms with Gasteiger partial charge in [-0.05, 0) is 54.7 Å². The van der Waals surface area contributed by atoms with E-state index in [1.54, 1.807) is 24.1 Å². The maximum absolute atomic E-state index is 12.6. The Morgan fingerprint density at radius 3 is 2.55 bits per heavy atom. The normalized spacial score (nSPS) is 13.9. The molecule has 0 aliphatic carbocycles. The van der Waals surface area contributed by atoms with Crippen LogP contribution in [0.2, 0.25) is 0 Å². The number of anilines is 2. The van der Waals surface area contributed by atoms with Crippen molar-refractivity contribution in [2.75, 3.05) is 29.0 Å². The van der Waals surface area contributed by atoms with E-state index in [0.29, 0.717) is 18.7 Å². The van der Waals surface area contributed by atoms with Crippen molar-refractivity contribution in [3.05, 3.63) is 53.6 Å². The molecular formula is C22H28N2O4S. The molecule has 1 aliphatic heterocycles. The average Bonchev–Trinajstić information content (AvgIpc) is 2.71. The summed E-state index contributed by atoms with van der Waals surface area (Å²) in [6, 6.07) is 12.8. The minimum Gasteiger partial charge on any atom is -0.497 e. The average molecular weight is 417 g/mol. The number of sulfonamides is 1. The number of rotatable bonds is 7. The molecule has 1 N–H and O–H groups in total. The zero-order valence-electron chi connectivity index (χ0n) is 17.1. The van der Waals surface area contributed by atoms with Crippen LogP contribution < -0.4 is 14.4 Å². The van der Waals surface area contributed by atoms with Crippen LogP contribution in [0, 0.1) is 5.92 Å². The summed E-state index contributed by atoms with van der Waals surface area (Å²) in [7, 11) is -1.92. The van der Waals surface area contributed by atoms with E-state index in [1.165, 1.54) is 0 Å². The number of hydrogen-bond donors (Lipinski definition) is 1. The number of aryl methyl sites for hydroxylation is 2. The van der Waals surface area contributed by atoms with Gasteiger partial charge in [-0.25, -0.2) is 8.42 Å². The maximum atomic E-state index is 12.6. The Bertz CT molecular complexity index is 969. The molecule has 6 nitrogen and oxygen atoms in total. The van der Waals surface area contributed by atoms with Crippen LogP contribution >= 0.6 is 0 Å². The molecule has 0 aromatic heterocycles. The van der Waals surface area contributed by atoms with Crippen molar-refractivity contribution >= 4 is 27.3 Å². The number of ether oxygens (including phenoxy) is 1. The lowest BCUT2D eigenvalue weighted by molar-refractivity contribution is -0.121. The fourth-order valence-corrected chi connectivity index (χ4v) is 4.55. The molecule has 0 atom stereocenters. The third kappa shape index (κ3) is 5.29. The van der Waals surface area contributed by atoms with Crippen LogP contribution in [0.15, 0.2) is 42.5 Å². The van der Waals surface area contributed by atoms with Gasteiger partial charge >= 0.3 is 0 Å². The molecule has 2 aromatic rings. The summed E-state index contributed by atoms with van der Waals surface area (Å²) in [5.74, 6) is 0.672. The highest BCUT2D eigenvalue weighted by Gasteiger charge is 2.25. The smallest absolute Gasteiger partial charge is 0.233 e. The van der Waals surface area contributed by atoms with Crippen molar-refractivity contribution in [1.29, 1.82) is 0 Å². The Morgan fingerprint density at radius 2 is 1.90 bits per heavy atom. The van der Waals surface area contributed by atoms with Crippen molar-refractivity contribution in [3.8, 4) is 5.75 Å². The van der Waals surface area contributed by atoms with Gasteiger partial charge in [-0.3, -0.25) is 9.52 Å². The second-order valence-corrected chi connectivity index (χ2v) is 9.45. The molecule has 0 unspecified atom stereocenters. The summed E-state index contributed by atoms with van der Waals surface area (Å²) < 4.78 is 32.9. The van der Waals surface area contributed by atoms with Gasteiger partial charge in [0.25, 0.3) is 0 Å². The number of nitrogens with one attached hydrogen (secondary N) is 1. The number of nitrogens with zero attached hydrogens (tertiary/aromatic N) is 1. The fourth-order valence-electron chi connectivity index (χ4n) is 3.45. The number of fused-ring (bicyclic) bond motifs is 1. The van der Waals surface area contributed by atoms with Crippen molar-refractivity contribution in [2.24, 2.45) is 5.92 Å². The van der Waals surface area contributed by atoms with Gasteiger partial charge in [0.2, 0.25) is 15.9 Å². The Hall–Kier alpha value is -2.54. The highest BCUT2D eigenvalue weighted by Crippen LogP contribution is 2.31. The van der Waals surface area contributed by atoms with E-state index < -0.39 is 10.0 Å². The highest BCUT2D eigenvalue weighted by molar-refractivity contribution is 7.92. The van der Waals surface area contributed by atoms with Crippen LogP contribution in [-0.4, -0.2) is 33.7 Å². The monoisotopic (exact) mass is 416 g/mol. The summed E-state index contributed by atoms with van der Waals surface area (Å²) in [6.07, 6.45) is 2.21. The van der Waals surface area contributed by atoms with Crippen molar-refractivity contribution < 1.29 is 17.9 Å². The molecule has 0 spiro atoms. The summed E-state index contributed by atoms with van der Waals surface area (Å²) in [4.78, 5) is 14.3. The van der Waals surface area contributed by atoms with Crippen molar-refractivity contribution in [2.45, 2.75) is 33.1 Å². The molecule has 7 heteroatoms. The molecule has 0 fully saturated rings. The molecule has 0 radical (unpaired) electrons. The SMILES string of the molecule is COc1ccc(CCS(=O)(=O)Nc2ccc3c(c2)N(C(=O)C(C)C)CCC3)cc1. The lowest BCUT2D eigenvalue weighted by Crippen LogP contribution is -2.38. The predicted octanol–water partition coefficient (Wildman–Crippen LogP) is 3.61. The van der Waals surface area contributed by atoms with E-state index in [0.717, 1.165) is 35.4 Å². The second kappa shape index (κ2) is 8.86. The molecule has 1 amide bonds. The number of amides is 1. The summed E-state index contributed by atoms with van der Waals surface area (Å²) in [6.45, 7) is 4.42. The van der Waals surface area contributed by atoms with Crippen LogP contribution in [-0.2, 0) is 27.7 Å². The van der Waals surface area contributed by atoms with Gasteiger partial charge in [0.05, 0.1) is 18.6 Å². The molecule has 3 rings (SSSR count). The summed E-state index contributed by atoms with van der Waals surface area (Å²) in [5.41, 5.74) is 3.30. The van der Waals surface area contributed by atoms with E-state index in [9.17, 15) is 13.2 Å². The number of methoxy groups -OCH3 is 1. The largest absolute Gasteiger partial charge is 0.497 e. The van der Waals surface area contributed by atoms with Crippen LogP contribution in [0.1, 0.15) is 31.4 Å². The number of benzene rings is 2. The van der Waals surface area contributed by atoms with Gasteiger partial charge in [0, 0.05) is 18.2 Å². The number of hydrogen-bond acceptors (Lipinski definition) is 4. The Morgan fingerprint density at radius 1 is 1.17 bits per heavy atom. The third-order valence-corrected chi connectivity index (χ3v) is 6.34. The highest BCUT2D eigenvalue weighted by atomic mass is 32.2. The van der Waals surface area contributed by atoms with Gasteiger partial charge in [0.15, 0.2) is 0 Å². The van der Waals surface area contributed by atoms with Gasteiger partial charge in [-0.1, -0.05) is 32.0 Å². The van der Waals surface area contributed by atoms with E-state index >= 15 is 0 Å². The van der Waals surface area contributed by atoms with E-state index in [-0.39, 0.29) is 17.6 Å². The zero-order valence-corrected chi connectivity index (χ0v) is 18.0. The topological polar surface area (TPSA) is 75.7 Å². The lowest BCUT2D eigenvalue weighted by atomic mass is 9.99. The minimum absolute atomic E-state index is 0.0228. The molecule has 0 bridgehead atoms. The van der Waals surface area contributed by atoms with Crippen molar-refractivity contribution in [3.63, 3.8) is 0 Å². The van der Waals surface area contributed by atoms with Gasteiger partial charge < -0.3 is 9.64 Å². The predicted molar refractivity (Wildman–Crippen MR) is 116 cm³/mol. The first-order chi connectivity index (χ1) is 13.8. The molecule has 1 aliphatic rings. The Labute approximate surface area is 172 Å². The first-order valence-corrected chi connectivity index (χ1v) is 11.5. The number of carbonyl (C=O) groups is 1. The van der Waals surface area contributed by atoms with Gasteiger partial charge in [-0.15, -0.1) is 0 Å². The van der Waals surface area contributed by atoms with E-state index in [2.05, 4.69) is 4.72 Å². The molecular weight excluding hydrogens is 388 g/mol. The summed E-state index contributed by atoms with van der Waals surface area (Å²) in [5, 5.41) is 0. The third-order valence-electron chi connectivity index (χ3n) is 5.06. The fraction of sp³-hybridized carbons (Fsp3) is 0.409. The van der Waals surface area contributed by atoms with Gasteiger partial charge in [-0.2, -0.15) is 0 Å². The van der Waals surface area contributed by atoms with Crippen LogP contribution in [0.3, 0.4) is 0 Å². The second-order valence-electron chi connectivity index (χ2n) is 7.61. The molecule has 156 valence electrons.